The van der Waals surface area contributed by atoms with Gasteiger partial charge in [-0.25, -0.2) is 0 Å². The van der Waals surface area contributed by atoms with Crippen LogP contribution in [0.2, 0.25) is 0 Å². The van der Waals surface area contributed by atoms with Gasteiger partial charge < -0.3 is 14.8 Å². The van der Waals surface area contributed by atoms with Crippen molar-refractivity contribution in [3.8, 4) is 5.75 Å². The Balaban J connectivity index is 1.96. The van der Waals surface area contributed by atoms with Crippen molar-refractivity contribution in [3.05, 3.63) is 28.8 Å². The SMILES string of the molecule is Cc1cc(C)c(OCC2COCCN2)cc1C. The number of nitrogens with one attached hydrogen (secondary N) is 1. The first-order valence-electron chi connectivity index (χ1n) is 6.18. The van der Waals surface area contributed by atoms with Gasteiger partial charge in [0.2, 0.25) is 0 Å². The second kappa shape index (κ2) is 5.52. The highest BCUT2D eigenvalue weighted by molar-refractivity contribution is 5.40. The molecule has 1 aliphatic heterocycles. The molecule has 0 bridgehead atoms. The predicted octanol–water partition coefficient (Wildman–Crippen LogP) is 1.98. The van der Waals surface area contributed by atoms with E-state index >= 15 is 0 Å². The third-order valence-corrected chi connectivity index (χ3v) is 3.23. The van der Waals surface area contributed by atoms with Crippen molar-refractivity contribution in [2.75, 3.05) is 26.4 Å². The minimum absolute atomic E-state index is 0.310. The number of morpholine rings is 1. The Morgan fingerprint density at radius 3 is 2.71 bits per heavy atom. The molecule has 17 heavy (non-hydrogen) atoms. The van der Waals surface area contributed by atoms with Gasteiger partial charge in [0.15, 0.2) is 0 Å². The lowest BCUT2D eigenvalue weighted by atomic mass is 10.1. The Morgan fingerprint density at radius 2 is 2.00 bits per heavy atom. The molecule has 1 unspecified atom stereocenters. The maximum atomic E-state index is 5.87. The monoisotopic (exact) mass is 235 g/mol. The summed E-state index contributed by atoms with van der Waals surface area (Å²) in [4.78, 5) is 0. The molecule has 3 heteroatoms. The van der Waals surface area contributed by atoms with Crippen molar-refractivity contribution in [2.24, 2.45) is 0 Å². The zero-order valence-electron chi connectivity index (χ0n) is 10.9. The maximum Gasteiger partial charge on any atom is 0.122 e. The lowest BCUT2D eigenvalue weighted by Crippen LogP contribution is -2.44. The topological polar surface area (TPSA) is 30.5 Å². The van der Waals surface area contributed by atoms with Crippen LogP contribution in [0.5, 0.6) is 5.75 Å². The predicted molar refractivity (Wildman–Crippen MR) is 68.8 cm³/mol. The first-order chi connectivity index (χ1) is 8.16. The Kier molecular flexibility index (Phi) is 4.02. The van der Waals surface area contributed by atoms with Gasteiger partial charge >= 0.3 is 0 Å². The van der Waals surface area contributed by atoms with E-state index in [4.69, 9.17) is 9.47 Å². The van der Waals surface area contributed by atoms with Gasteiger partial charge in [0, 0.05) is 6.54 Å². The second-order valence-corrected chi connectivity index (χ2v) is 4.74. The van der Waals surface area contributed by atoms with E-state index in [0.29, 0.717) is 12.6 Å². The van der Waals surface area contributed by atoms with Gasteiger partial charge in [0.1, 0.15) is 12.4 Å². The van der Waals surface area contributed by atoms with Crippen LogP contribution in [0, 0.1) is 20.8 Å². The molecule has 1 fully saturated rings. The van der Waals surface area contributed by atoms with E-state index < -0.39 is 0 Å². The molecule has 1 saturated heterocycles. The molecule has 0 aliphatic carbocycles. The summed E-state index contributed by atoms with van der Waals surface area (Å²) in [5.41, 5.74) is 3.79. The van der Waals surface area contributed by atoms with Gasteiger partial charge in [-0.3, -0.25) is 0 Å². The number of ether oxygens (including phenoxy) is 2. The van der Waals surface area contributed by atoms with Crippen LogP contribution >= 0.6 is 0 Å². The second-order valence-electron chi connectivity index (χ2n) is 4.74. The van der Waals surface area contributed by atoms with Crippen LogP contribution in [-0.2, 0) is 4.74 Å². The lowest BCUT2D eigenvalue weighted by molar-refractivity contribution is 0.0591. The van der Waals surface area contributed by atoms with E-state index in [1.54, 1.807) is 0 Å². The Labute approximate surface area is 103 Å². The molecule has 0 amide bonds. The van der Waals surface area contributed by atoms with E-state index in [2.05, 4.69) is 38.2 Å². The van der Waals surface area contributed by atoms with Crippen LogP contribution in [0.15, 0.2) is 12.1 Å². The van der Waals surface area contributed by atoms with Crippen LogP contribution in [0.4, 0.5) is 0 Å². The van der Waals surface area contributed by atoms with Gasteiger partial charge in [-0.2, -0.15) is 0 Å². The summed E-state index contributed by atoms with van der Waals surface area (Å²) < 4.78 is 11.3. The molecule has 94 valence electrons. The number of hydrogen-bond donors (Lipinski definition) is 1. The average molecular weight is 235 g/mol. The van der Waals surface area contributed by atoms with Crippen molar-refractivity contribution in [1.29, 1.82) is 0 Å². The molecular formula is C14H21NO2. The molecule has 0 radical (unpaired) electrons. The summed E-state index contributed by atoms with van der Waals surface area (Å²) in [6, 6.07) is 4.61. The largest absolute Gasteiger partial charge is 0.492 e. The third kappa shape index (κ3) is 3.20. The zero-order valence-corrected chi connectivity index (χ0v) is 10.9. The fourth-order valence-electron chi connectivity index (χ4n) is 2.01. The Bertz CT molecular complexity index is 384. The van der Waals surface area contributed by atoms with Gasteiger partial charge in [-0.05, 0) is 43.5 Å². The zero-order chi connectivity index (χ0) is 12.3. The highest BCUT2D eigenvalue weighted by Gasteiger charge is 2.14. The van der Waals surface area contributed by atoms with E-state index in [1.165, 1.54) is 16.7 Å². The van der Waals surface area contributed by atoms with Crippen LogP contribution in [-0.4, -0.2) is 32.4 Å². The van der Waals surface area contributed by atoms with E-state index in [9.17, 15) is 0 Å². The van der Waals surface area contributed by atoms with Crippen molar-refractivity contribution < 1.29 is 9.47 Å². The molecule has 0 aromatic heterocycles. The highest BCUT2D eigenvalue weighted by Crippen LogP contribution is 2.22. The van der Waals surface area contributed by atoms with Gasteiger partial charge in [0.25, 0.3) is 0 Å². The summed E-state index contributed by atoms with van der Waals surface area (Å²) in [7, 11) is 0. The number of benzene rings is 1. The molecule has 1 aromatic rings. The molecule has 1 aromatic carbocycles. The fourth-order valence-corrected chi connectivity index (χ4v) is 2.01. The van der Waals surface area contributed by atoms with Gasteiger partial charge in [0.05, 0.1) is 19.3 Å². The molecule has 2 rings (SSSR count). The quantitative estimate of drug-likeness (QED) is 0.869. The Morgan fingerprint density at radius 1 is 1.24 bits per heavy atom. The molecule has 1 aliphatic rings. The number of rotatable bonds is 3. The standard InChI is InChI=1S/C14H21NO2/c1-10-6-12(3)14(7-11(10)2)17-9-13-8-16-5-4-15-13/h6-7,13,15H,4-5,8-9H2,1-3H3. The molecule has 3 nitrogen and oxygen atoms in total. The summed E-state index contributed by atoms with van der Waals surface area (Å²) in [6.45, 7) is 9.46. The normalized spacial score (nSPS) is 20.3. The first kappa shape index (κ1) is 12.4. The number of aryl methyl sites for hydroxylation is 3. The van der Waals surface area contributed by atoms with Crippen molar-refractivity contribution in [2.45, 2.75) is 26.8 Å². The summed E-state index contributed by atoms with van der Waals surface area (Å²) in [6.07, 6.45) is 0. The fraction of sp³-hybridized carbons (Fsp3) is 0.571. The van der Waals surface area contributed by atoms with Crippen molar-refractivity contribution in [1.82, 2.24) is 5.32 Å². The van der Waals surface area contributed by atoms with Crippen LogP contribution in [0.3, 0.4) is 0 Å². The lowest BCUT2D eigenvalue weighted by Gasteiger charge is -2.24. The molecule has 1 N–H and O–H groups in total. The number of hydrogen-bond acceptors (Lipinski definition) is 3. The first-order valence-corrected chi connectivity index (χ1v) is 6.18. The highest BCUT2D eigenvalue weighted by atomic mass is 16.5. The van der Waals surface area contributed by atoms with Crippen molar-refractivity contribution >= 4 is 0 Å². The van der Waals surface area contributed by atoms with Gasteiger partial charge in [-0.15, -0.1) is 0 Å². The minimum Gasteiger partial charge on any atom is -0.492 e. The third-order valence-electron chi connectivity index (χ3n) is 3.23. The summed E-state index contributed by atoms with van der Waals surface area (Å²) in [5.74, 6) is 0.987. The van der Waals surface area contributed by atoms with E-state index in [0.717, 1.165) is 25.5 Å². The van der Waals surface area contributed by atoms with Crippen LogP contribution < -0.4 is 10.1 Å². The molecule has 0 spiro atoms. The van der Waals surface area contributed by atoms with Gasteiger partial charge in [-0.1, -0.05) is 6.07 Å². The molecular weight excluding hydrogens is 214 g/mol. The Hall–Kier alpha value is -1.06. The molecule has 0 saturated carbocycles. The van der Waals surface area contributed by atoms with Crippen molar-refractivity contribution in [3.63, 3.8) is 0 Å². The average Bonchev–Trinajstić information content (AvgIpc) is 2.33. The van der Waals surface area contributed by atoms with E-state index in [-0.39, 0.29) is 0 Å². The van der Waals surface area contributed by atoms with Crippen LogP contribution in [0.1, 0.15) is 16.7 Å². The smallest absolute Gasteiger partial charge is 0.122 e. The van der Waals surface area contributed by atoms with E-state index in [1.807, 2.05) is 0 Å². The maximum absolute atomic E-state index is 5.87. The minimum atomic E-state index is 0.310. The molecule has 1 heterocycles. The molecule has 1 atom stereocenters. The summed E-state index contributed by atoms with van der Waals surface area (Å²) in [5, 5.41) is 3.38. The van der Waals surface area contributed by atoms with Crippen LogP contribution in [0.25, 0.3) is 0 Å². The summed E-state index contributed by atoms with van der Waals surface area (Å²) >= 11 is 0.